The monoisotopic (exact) mass is 655 g/mol. The highest BCUT2D eigenvalue weighted by atomic mass is 79.9. The van der Waals surface area contributed by atoms with Gasteiger partial charge in [0.25, 0.3) is 11.1 Å². The van der Waals surface area contributed by atoms with Crippen LogP contribution >= 0.6 is 66.8 Å². The molecule has 1 fully saturated rings. The lowest BCUT2D eigenvalue weighted by molar-refractivity contribution is -0.123. The van der Waals surface area contributed by atoms with Crippen molar-refractivity contribution in [3.63, 3.8) is 0 Å². The fourth-order valence-electron chi connectivity index (χ4n) is 3.27. The summed E-state index contributed by atoms with van der Waals surface area (Å²) in [4.78, 5) is 27.0. The van der Waals surface area contributed by atoms with Gasteiger partial charge in [0.2, 0.25) is 0 Å². The summed E-state index contributed by atoms with van der Waals surface area (Å²) in [5.74, 6) is 0.647. The first-order valence-corrected chi connectivity index (χ1v) is 13.3. The highest BCUT2D eigenvalue weighted by Crippen LogP contribution is 2.39. The molecule has 0 spiro atoms. The maximum Gasteiger partial charge on any atom is 0.293 e. The van der Waals surface area contributed by atoms with E-state index in [1.165, 1.54) is 12.0 Å². The Morgan fingerprint density at radius 3 is 2.34 bits per heavy atom. The third kappa shape index (κ3) is 6.24. The van der Waals surface area contributed by atoms with Crippen molar-refractivity contribution in [3.05, 3.63) is 95.2 Å². The van der Waals surface area contributed by atoms with Crippen molar-refractivity contribution < 1.29 is 19.1 Å². The number of carbonyl (C=O) groups excluding carboxylic acids is 2. The number of rotatable bonds is 7. The van der Waals surface area contributed by atoms with Crippen LogP contribution in [0.3, 0.4) is 0 Å². The minimum Gasteiger partial charge on any atom is -0.493 e. The van der Waals surface area contributed by atoms with Crippen LogP contribution in [-0.2, 0) is 17.9 Å². The summed E-state index contributed by atoms with van der Waals surface area (Å²) < 4.78 is 13.0. The fraction of sp³-hybridized carbons (Fsp3) is 0.120. The standard InChI is InChI=1S/C25H17Br2Cl2NO4S/c1-33-21-9-16(18(27)11-22(21)34-13-15-4-7-19(28)20(29)8-15)10-23-24(31)30(25(32)35-23)12-14-2-5-17(26)6-3-14/h2-11H,12-13H2,1H3/b23-10-. The van der Waals surface area contributed by atoms with Gasteiger partial charge < -0.3 is 9.47 Å². The summed E-state index contributed by atoms with van der Waals surface area (Å²) in [7, 11) is 1.53. The first-order valence-electron chi connectivity index (χ1n) is 10.2. The Balaban J connectivity index is 1.52. The van der Waals surface area contributed by atoms with Gasteiger partial charge in [0, 0.05) is 8.95 Å². The Morgan fingerprint density at radius 1 is 0.943 bits per heavy atom. The molecule has 1 aliphatic heterocycles. The first kappa shape index (κ1) is 26.1. The molecule has 180 valence electrons. The SMILES string of the molecule is COc1cc(/C=C2\SC(=O)N(Cc3ccc(Br)cc3)C2=O)c(Br)cc1OCc1ccc(Cl)c(Cl)c1. The normalized spacial score (nSPS) is 14.7. The molecular weight excluding hydrogens is 641 g/mol. The smallest absolute Gasteiger partial charge is 0.293 e. The second-order valence-corrected chi connectivity index (χ2v) is 11.0. The molecule has 5 nitrogen and oxygen atoms in total. The molecule has 4 rings (SSSR count). The topological polar surface area (TPSA) is 55.8 Å². The van der Waals surface area contributed by atoms with E-state index in [0.29, 0.717) is 36.5 Å². The lowest BCUT2D eigenvalue weighted by Crippen LogP contribution is -2.27. The highest BCUT2D eigenvalue weighted by Gasteiger charge is 2.35. The molecule has 35 heavy (non-hydrogen) atoms. The summed E-state index contributed by atoms with van der Waals surface area (Å²) >= 11 is 19.9. The molecule has 1 heterocycles. The molecule has 0 N–H and O–H groups in total. The number of benzene rings is 3. The Labute approximate surface area is 233 Å². The van der Waals surface area contributed by atoms with Crippen LogP contribution in [0, 0.1) is 0 Å². The van der Waals surface area contributed by atoms with Crippen molar-refractivity contribution in [2.45, 2.75) is 13.2 Å². The molecule has 0 saturated carbocycles. The molecule has 3 aromatic rings. The second kappa shape index (κ2) is 11.4. The Morgan fingerprint density at radius 2 is 1.66 bits per heavy atom. The molecule has 10 heteroatoms. The zero-order chi connectivity index (χ0) is 25.1. The number of hydrogen-bond acceptors (Lipinski definition) is 5. The number of amides is 2. The van der Waals surface area contributed by atoms with Gasteiger partial charge in [0.1, 0.15) is 6.61 Å². The van der Waals surface area contributed by atoms with Crippen LogP contribution in [0.15, 0.2) is 68.4 Å². The molecule has 0 radical (unpaired) electrons. The lowest BCUT2D eigenvalue weighted by atomic mass is 10.1. The number of thioether (sulfide) groups is 1. The molecule has 1 saturated heterocycles. The zero-order valence-electron chi connectivity index (χ0n) is 18.2. The second-order valence-electron chi connectivity index (χ2n) is 7.46. The summed E-state index contributed by atoms with van der Waals surface area (Å²) in [6.45, 7) is 0.468. The van der Waals surface area contributed by atoms with Gasteiger partial charge in [0.05, 0.1) is 28.6 Å². The summed E-state index contributed by atoms with van der Waals surface area (Å²) in [6, 6.07) is 16.3. The predicted molar refractivity (Wildman–Crippen MR) is 147 cm³/mol. The summed E-state index contributed by atoms with van der Waals surface area (Å²) in [5, 5.41) is 0.612. The van der Waals surface area contributed by atoms with Gasteiger partial charge in [-0.15, -0.1) is 0 Å². The molecule has 3 aromatic carbocycles. The van der Waals surface area contributed by atoms with E-state index in [-0.39, 0.29) is 24.3 Å². The fourth-order valence-corrected chi connectivity index (χ4v) is 5.13. The largest absolute Gasteiger partial charge is 0.493 e. The number of halogens is 4. The molecule has 0 atom stereocenters. The number of nitrogens with zero attached hydrogens (tertiary/aromatic N) is 1. The third-order valence-electron chi connectivity index (χ3n) is 5.08. The Bertz CT molecular complexity index is 1330. The van der Waals surface area contributed by atoms with Crippen LogP contribution in [0.1, 0.15) is 16.7 Å². The van der Waals surface area contributed by atoms with Crippen molar-refractivity contribution in [3.8, 4) is 11.5 Å². The van der Waals surface area contributed by atoms with E-state index < -0.39 is 0 Å². The Kier molecular flexibility index (Phi) is 8.50. The van der Waals surface area contributed by atoms with E-state index in [9.17, 15) is 9.59 Å². The van der Waals surface area contributed by atoms with E-state index in [1.54, 1.807) is 30.3 Å². The number of ether oxygens (including phenoxy) is 2. The van der Waals surface area contributed by atoms with Gasteiger partial charge in [0.15, 0.2) is 11.5 Å². The van der Waals surface area contributed by atoms with E-state index in [1.807, 2.05) is 30.3 Å². The molecule has 0 bridgehead atoms. The van der Waals surface area contributed by atoms with Crippen molar-refractivity contribution in [1.82, 2.24) is 4.90 Å². The van der Waals surface area contributed by atoms with Gasteiger partial charge in [-0.25, -0.2) is 0 Å². The first-order chi connectivity index (χ1) is 16.7. The van der Waals surface area contributed by atoms with Crippen LogP contribution in [-0.4, -0.2) is 23.2 Å². The maximum atomic E-state index is 13.0. The zero-order valence-corrected chi connectivity index (χ0v) is 23.7. The summed E-state index contributed by atoms with van der Waals surface area (Å²) in [5.41, 5.74) is 2.39. The highest BCUT2D eigenvalue weighted by molar-refractivity contribution is 9.10. The minimum absolute atomic E-state index is 0.210. The van der Waals surface area contributed by atoms with Gasteiger partial charge in [-0.1, -0.05) is 73.3 Å². The molecule has 0 aliphatic carbocycles. The number of hydrogen-bond donors (Lipinski definition) is 0. The number of carbonyl (C=O) groups is 2. The quantitative estimate of drug-likeness (QED) is 0.239. The van der Waals surface area contributed by atoms with E-state index in [4.69, 9.17) is 32.7 Å². The van der Waals surface area contributed by atoms with Crippen molar-refractivity contribution in [2.75, 3.05) is 7.11 Å². The van der Waals surface area contributed by atoms with E-state index >= 15 is 0 Å². The van der Waals surface area contributed by atoms with Crippen LogP contribution in [0.5, 0.6) is 11.5 Å². The van der Waals surface area contributed by atoms with Gasteiger partial charge in [-0.2, -0.15) is 0 Å². The molecule has 0 aromatic heterocycles. The molecule has 0 unspecified atom stereocenters. The van der Waals surface area contributed by atoms with Crippen molar-refractivity contribution >= 4 is 84.0 Å². The van der Waals surface area contributed by atoms with Crippen LogP contribution in [0.25, 0.3) is 6.08 Å². The van der Waals surface area contributed by atoms with Gasteiger partial charge in [-0.05, 0) is 70.9 Å². The maximum absolute atomic E-state index is 13.0. The Hall–Kier alpha value is -1.97. The van der Waals surface area contributed by atoms with Crippen molar-refractivity contribution in [2.24, 2.45) is 0 Å². The van der Waals surface area contributed by atoms with Crippen LogP contribution in [0.4, 0.5) is 4.79 Å². The van der Waals surface area contributed by atoms with Crippen molar-refractivity contribution in [1.29, 1.82) is 0 Å². The number of methoxy groups -OCH3 is 1. The summed E-state index contributed by atoms with van der Waals surface area (Å²) in [6.07, 6.45) is 1.67. The van der Waals surface area contributed by atoms with Gasteiger partial charge >= 0.3 is 0 Å². The average Bonchev–Trinajstić information content (AvgIpc) is 3.09. The third-order valence-corrected chi connectivity index (χ3v) is 7.94. The van der Waals surface area contributed by atoms with E-state index in [0.717, 1.165) is 27.4 Å². The number of imide groups is 1. The lowest BCUT2D eigenvalue weighted by Gasteiger charge is -2.14. The molecular formula is C25H17Br2Cl2NO4S. The van der Waals surface area contributed by atoms with Crippen LogP contribution < -0.4 is 9.47 Å². The van der Waals surface area contributed by atoms with E-state index in [2.05, 4.69) is 31.9 Å². The predicted octanol–water partition coefficient (Wildman–Crippen LogP) is 8.34. The average molecular weight is 658 g/mol. The molecule has 2 amide bonds. The minimum atomic E-state index is -0.339. The molecule has 1 aliphatic rings. The van der Waals surface area contributed by atoms with Gasteiger partial charge in [-0.3, -0.25) is 14.5 Å². The van der Waals surface area contributed by atoms with Crippen LogP contribution in [0.2, 0.25) is 10.0 Å².